The van der Waals surface area contributed by atoms with Crippen LogP contribution in [0.15, 0.2) is 0 Å². The fourth-order valence-corrected chi connectivity index (χ4v) is 4.41. The topological polar surface area (TPSA) is 86.3 Å². The zero-order valence-corrected chi connectivity index (χ0v) is 14.8. The number of carbonyl (C=O) groups is 1. The standard InChI is InChI=1S/C15H30N2O4S/c1-4-5-6-7-8-16-15(18)11-17(3)9-13(2)14(10-17)12-22(19,20)21/h13-14H,4-12H2,1-3H3,(H-,16,18,19,20,21). The molecule has 0 bridgehead atoms. The maximum atomic E-state index is 12.0. The number of amides is 1. The average molecular weight is 334 g/mol. The van der Waals surface area contributed by atoms with Gasteiger partial charge in [-0.2, -0.15) is 0 Å². The highest BCUT2D eigenvalue weighted by molar-refractivity contribution is 7.85. The molecule has 0 spiro atoms. The van der Waals surface area contributed by atoms with Crippen LogP contribution in [0.5, 0.6) is 0 Å². The van der Waals surface area contributed by atoms with Crippen LogP contribution in [0.4, 0.5) is 0 Å². The summed E-state index contributed by atoms with van der Waals surface area (Å²) in [5, 5.41) is 2.94. The third-order valence-electron chi connectivity index (χ3n) is 4.50. The van der Waals surface area contributed by atoms with E-state index in [0.717, 1.165) is 19.4 Å². The highest BCUT2D eigenvalue weighted by Gasteiger charge is 2.42. The predicted octanol–water partition coefficient (Wildman–Crippen LogP) is 0.941. The summed E-state index contributed by atoms with van der Waals surface area (Å²) in [6.45, 7) is 6.48. The van der Waals surface area contributed by atoms with Crippen molar-refractivity contribution < 1.29 is 22.2 Å². The van der Waals surface area contributed by atoms with E-state index in [1.807, 2.05) is 14.0 Å². The Hall–Kier alpha value is -0.660. The van der Waals surface area contributed by atoms with E-state index in [9.17, 15) is 17.8 Å². The van der Waals surface area contributed by atoms with Crippen LogP contribution in [0.3, 0.4) is 0 Å². The highest BCUT2D eigenvalue weighted by atomic mass is 32.2. The van der Waals surface area contributed by atoms with Gasteiger partial charge < -0.3 is 14.4 Å². The number of likely N-dealkylation sites (N-methyl/N-ethyl adjacent to an activating group) is 1. The molecule has 6 nitrogen and oxygen atoms in total. The lowest BCUT2D eigenvalue weighted by atomic mass is 10.0. The number of rotatable bonds is 9. The Bertz CT molecular complexity index is 466. The molecule has 1 aliphatic heterocycles. The first kappa shape index (κ1) is 19.4. The second-order valence-electron chi connectivity index (χ2n) is 7.02. The summed E-state index contributed by atoms with van der Waals surface area (Å²) in [7, 11) is -2.24. The second kappa shape index (κ2) is 8.26. The van der Waals surface area contributed by atoms with Gasteiger partial charge in [-0.15, -0.1) is 0 Å². The fourth-order valence-electron chi connectivity index (χ4n) is 3.46. The Morgan fingerprint density at radius 3 is 2.55 bits per heavy atom. The van der Waals surface area contributed by atoms with E-state index in [0.29, 0.717) is 24.1 Å². The molecule has 7 heteroatoms. The van der Waals surface area contributed by atoms with Crippen LogP contribution in [0.1, 0.15) is 39.5 Å². The van der Waals surface area contributed by atoms with E-state index in [1.165, 1.54) is 12.8 Å². The minimum Gasteiger partial charge on any atom is -0.748 e. The molecule has 0 aromatic rings. The molecule has 1 fully saturated rings. The molecule has 1 aliphatic rings. The van der Waals surface area contributed by atoms with Gasteiger partial charge >= 0.3 is 0 Å². The maximum absolute atomic E-state index is 12.0. The number of hydrogen-bond acceptors (Lipinski definition) is 4. The molecule has 1 amide bonds. The number of likely N-dealkylation sites (tertiary alicyclic amines) is 1. The van der Waals surface area contributed by atoms with Crippen molar-refractivity contribution in [3.63, 3.8) is 0 Å². The summed E-state index contributed by atoms with van der Waals surface area (Å²) in [6, 6.07) is 0. The third-order valence-corrected chi connectivity index (χ3v) is 5.34. The Morgan fingerprint density at radius 2 is 1.95 bits per heavy atom. The van der Waals surface area contributed by atoms with E-state index in [-0.39, 0.29) is 23.5 Å². The van der Waals surface area contributed by atoms with Crippen LogP contribution in [0.2, 0.25) is 0 Å². The van der Waals surface area contributed by atoms with Crippen molar-refractivity contribution in [3.05, 3.63) is 0 Å². The van der Waals surface area contributed by atoms with E-state index < -0.39 is 10.1 Å². The van der Waals surface area contributed by atoms with Gasteiger partial charge in [0.1, 0.15) is 0 Å². The molecular formula is C15H30N2O4S. The van der Waals surface area contributed by atoms with Crippen molar-refractivity contribution in [1.82, 2.24) is 5.32 Å². The Balaban J connectivity index is 2.40. The first-order chi connectivity index (χ1) is 10.2. The van der Waals surface area contributed by atoms with E-state index in [2.05, 4.69) is 12.2 Å². The van der Waals surface area contributed by atoms with Crippen LogP contribution in [-0.4, -0.2) is 62.3 Å². The van der Waals surface area contributed by atoms with Crippen LogP contribution >= 0.6 is 0 Å². The Kier molecular flexibility index (Phi) is 7.28. The van der Waals surface area contributed by atoms with Gasteiger partial charge in [-0.1, -0.05) is 33.1 Å². The van der Waals surface area contributed by atoms with Gasteiger partial charge in [-0.05, 0) is 6.42 Å². The van der Waals surface area contributed by atoms with Gasteiger partial charge in [-0.3, -0.25) is 4.79 Å². The molecule has 22 heavy (non-hydrogen) atoms. The molecular weight excluding hydrogens is 304 g/mol. The van der Waals surface area contributed by atoms with Crippen LogP contribution in [0.25, 0.3) is 0 Å². The van der Waals surface area contributed by atoms with Gasteiger partial charge in [-0.25, -0.2) is 8.42 Å². The molecule has 0 aromatic heterocycles. The largest absolute Gasteiger partial charge is 0.748 e. The molecule has 3 atom stereocenters. The van der Waals surface area contributed by atoms with Crippen LogP contribution in [0, 0.1) is 11.8 Å². The normalized spacial score (nSPS) is 28.7. The molecule has 1 rings (SSSR count). The molecule has 1 saturated heterocycles. The van der Waals surface area contributed by atoms with E-state index in [4.69, 9.17) is 0 Å². The van der Waals surface area contributed by atoms with Gasteiger partial charge in [0.05, 0.1) is 30.3 Å². The zero-order chi connectivity index (χ0) is 16.8. The first-order valence-electron chi connectivity index (χ1n) is 8.19. The number of nitrogens with zero attached hydrogens (tertiary/aromatic N) is 1. The number of carbonyl (C=O) groups excluding carboxylic acids is 1. The lowest BCUT2D eigenvalue weighted by Gasteiger charge is -2.29. The molecule has 0 radical (unpaired) electrons. The number of quaternary nitrogens is 1. The third kappa shape index (κ3) is 7.07. The van der Waals surface area contributed by atoms with E-state index >= 15 is 0 Å². The smallest absolute Gasteiger partial charge is 0.275 e. The molecule has 3 unspecified atom stereocenters. The van der Waals surface area contributed by atoms with E-state index in [1.54, 1.807) is 0 Å². The van der Waals surface area contributed by atoms with Gasteiger partial charge in [0.15, 0.2) is 6.54 Å². The predicted molar refractivity (Wildman–Crippen MR) is 85.2 cm³/mol. The number of unbranched alkanes of at least 4 members (excludes halogenated alkanes) is 3. The van der Waals surface area contributed by atoms with Crippen LogP contribution in [-0.2, 0) is 14.9 Å². The second-order valence-corrected chi connectivity index (χ2v) is 8.46. The Labute approximate surface area is 134 Å². The SMILES string of the molecule is CCCCCCNC(=O)C[N+]1(C)CC(C)C(CS(=O)(=O)[O-])C1. The van der Waals surface area contributed by atoms with Crippen molar-refractivity contribution >= 4 is 16.0 Å². The summed E-state index contributed by atoms with van der Waals surface area (Å²) < 4.78 is 33.4. The van der Waals surface area contributed by atoms with Crippen molar-refractivity contribution in [2.75, 3.05) is 39.0 Å². The average Bonchev–Trinajstić information content (AvgIpc) is 2.61. The van der Waals surface area contributed by atoms with Crippen LogP contribution < -0.4 is 5.32 Å². The maximum Gasteiger partial charge on any atom is 0.275 e. The monoisotopic (exact) mass is 334 g/mol. The minimum atomic E-state index is -4.20. The first-order valence-corrected chi connectivity index (χ1v) is 9.77. The highest BCUT2D eigenvalue weighted by Crippen LogP contribution is 2.28. The fraction of sp³-hybridized carbons (Fsp3) is 0.933. The zero-order valence-electron chi connectivity index (χ0n) is 14.0. The van der Waals surface area contributed by atoms with Crippen molar-refractivity contribution in [2.45, 2.75) is 39.5 Å². The summed E-state index contributed by atoms with van der Waals surface area (Å²) in [4.78, 5) is 12.0. The summed E-state index contributed by atoms with van der Waals surface area (Å²) in [5.74, 6) is -0.312. The molecule has 130 valence electrons. The summed E-state index contributed by atoms with van der Waals surface area (Å²) in [5.41, 5.74) is 0. The molecule has 1 heterocycles. The van der Waals surface area contributed by atoms with Gasteiger partial charge in [0.25, 0.3) is 5.91 Å². The lowest BCUT2D eigenvalue weighted by Crippen LogP contribution is -2.49. The minimum absolute atomic E-state index is 0.0110. The quantitative estimate of drug-likeness (QED) is 0.386. The van der Waals surface area contributed by atoms with Gasteiger partial charge in [0.2, 0.25) is 0 Å². The van der Waals surface area contributed by atoms with Crippen molar-refractivity contribution in [2.24, 2.45) is 11.8 Å². The number of nitrogens with one attached hydrogen (secondary N) is 1. The van der Waals surface area contributed by atoms with Crippen molar-refractivity contribution in [3.8, 4) is 0 Å². The summed E-state index contributed by atoms with van der Waals surface area (Å²) in [6.07, 6.45) is 4.48. The lowest BCUT2D eigenvalue weighted by molar-refractivity contribution is -0.892. The van der Waals surface area contributed by atoms with Gasteiger partial charge in [0, 0.05) is 24.1 Å². The molecule has 1 N–H and O–H groups in total. The molecule has 0 aromatic carbocycles. The van der Waals surface area contributed by atoms with Crippen molar-refractivity contribution in [1.29, 1.82) is 0 Å². The number of hydrogen-bond donors (Lipinski definition) is 1. The summed E-state index contributed by atoms with van der Waals surface area (Å²) >= 11 is 0. The Morgan fingerprint density at radius 1 is 1.27 bits per heavy atom. The molecule has 0 aliphatic carbocycles. The molecule has 0 saturated carbocycles.